The van der Waals surface area contributed by atoms with Crippen LogP contribution in [0.15, 0.2) is 0 Å². The highest BCUT2D eigenvalue weighted by Gasteiger charge is 2.55. The van der Waals surface area contributed by atoms with Crippen molar-refractivity contribution in [3.05, 3.63) is 0 Å². The van der Waals surface area contributed by atoms with Crippen LogP contribution in [-0.4, -0.2) is 51.7 Å². The smallest absolute Gasteiger partial charge is 0.236 e. The standard InChI is InChI=1S/C14H23N3O5S2/c1-4-5-22-16-6-9(20)17-11-10(14(15)21)12(23-7(2)18)13(11)24-8(3)19/h10-13,16H,4-6H2,1-3H3,(H2,15,21)(H,17,20). The third-order valence-electron chi connectivity index (χ3n) is 3.32. The quantitative estimate of drug-likeness (QED) is 0.373. The van der Waals surface area contributed by atoms with Crippen LogP contribution in [0.3, 0.4) is 0 Å². The lowest BCUT2D eigenvalue weighted by molar-refractivity contribution is -0.128. The third-order valence-corrected chi connectivity index (χ3v) is 5.87. The molecule has 0 saturated heterocycles. The lowest BCUT2D eigenvalue weighted by Gasteiger charge is -2.48. The number of rotatable bonds is 9. The topological polar surface area (TPSA) is 128 Å². The summed E-state index contributed by atoms with van der Waals surface area (Å²) in [6, 6.07) is -0.589. The molecule has 1 saturated carbocycles. The zero-order valence-corrected chi connectivity index (χ0v) is 15.5. The molecule has 1 aliphatic rings. The summed E-state index contributed by atoms with van der Waals surface area (Å²) in [5.74, 6) is -1.67. The van der Waals surface area contributed by atoms with E-state index in [-0.39, 0.29) is 27.9 Å². The van der Waals surface area contributed by atoms with E-state index in [0.717, 1.165) is 29.9 Å². The third kappa shape index (κ3) is 6.08. The van der Waals surface area contributed by atoms with E-state index >= 15 is 0 Å². The van der Waals surface area contributed by atoms with Gasteiger partial charge in [-0.1, -0.05) is 30.4 Å². The molecule has 0 aliphatic heterocycles. The highest BCUT2D eigenvalue weighted by molar-refractivity contribution is 8.17. The first-order chi connectivity index (χ1) is 11.3. The number of thioether (sulfide) groups is 2. The molecule has 1 fully saturated rings. The van der Waals surface area contributed by atoms with Gasteiger partial charge in [-0.2, -0.15) is 5.48 Å². The summed E-state index contributed by atoms with van der Waals surface area (Å²) >= 11 is 1.99. The van der Waals surface area contributed by atoms with Gasteiger partial charge in [-0.15, -0.1) is 0 Å². The van der Waals surface area contributed by atoms with Crippen LogP contribution in [0.2, 0.25) is 0 Å². The van der Waals surface area contributed by atoms with E-state index in [4.69, 9.17) is 10.6 Å². The van der Waals surface area contributed by atoms with Crippen LogP contribution in [0.5, 0.6) is 0 Å². The minimum absolute atomic E-state index is 0.0794. The van der Waals surface area contributed by atoms with E-state index < -0.39 is 23.1 Å². The van der Waals surface area contributed by atoms with Crippen LogP contribution in [0.4, 0.5) is 0 Å². The highest BCUT2D eigenvalue weighted by Crippen LogP contribution is 2.45. The predicted molar refractivity (Wildman–Crippen MR) is 93.0 cm³/mol. The summed E-state index contributed by atoms with van der Waals surface area (Å²) in [7, 11) is 0. The molecule has 0 aromatic carbocycles. The minimum Gasteiger partial charge on any atom is -0.369 e. The average Bonchev–Trinajstić information content (AvgIpc) is 2.47. The second kappa shape index (κ2) is 10.0. The Bertz CT molecular complexity index is 503. The van der Waals surface area contributed by atoms with E-state index in [1.807, 2.05) is 6.92 Å². The first-order valence-electron chi connectivity index (χ1n) is 7.55. The normalized spacial score (nSPS) is 25.6. The van der Waals surface area contributed by atoms with Gasteiger partial charge in [0.2, 0.25) is 11.8 Å². The monoisotopic (exact) mass is 377 g/mol. The Kier molecular flexibility index (Phi) is 8.74. The maximum atomic E-state index is 12.0. The van der Waals surface area contributed by atoms with Gasteiger partial charge in [0.05, 0.1) is 25.1 Å². The van der Waals surface area contributed by atoms with Crippen molar-refractivity contribution in [3.8, 4) is 0 Å². The molecule has 1 aliphatic carbocycles. The number of primary amides is 1. The van der Waals surface area contributed by atoms with Gasteiger partial charge < -0.3 is 15.9 Å². The summed E-state index contributed by atoms with van der Waals surface area (Å²) in [5, 5.41) is 1.58. The van der Waals surface area contributed by atoms with Crippen molar-refractivity contribution >= 4 is 45.6 Å². The van der Waals surface area contributed by atoms with Crippen molar-refractivity contribution in [1.29, 1.82) is 0 Å². The van der Waals surface area contributed by atoms with Crippen molar-refractivity contribution in [3.63, 3.8) is 0 Å². The van der Waals surface area contributed by atoms with E-state index in [1.165, 1.54) is 13.8 Å². The van der Waals surface area contributed by atoms with Crippen LogP contribution in [-0.2, 0) is 24.0 Å². The molecule has 24 heavy (non-hydrogen) atoms. The van der Waals surface area contributed by atoms with Gasteiger partial charge in [0.15, 0.2) is 10.2 Å². The molecule has 10 heteroatoms. The molecule has 2 amide bonds. The van der Waals surface area contributed by atoms with Gasteiger partial charge >= 0.3 is 0 Å². The Balaban J connectivity index is 2.72. The molecule has 0 aromatic heterocycles. The van der Waals surface area contributed by atoms with Gasteiger partial charge in [-0.25, -0.2) is 0 Å². The summed E-state index contributed by atoms with van der Waals surface area (Å²) in [5.41, 5.74) is 7.93. The van der Waals surface area contributed by atoms with Crippen molar-refractivity contribution in [1.82, 2.24) is 10.8 Å². The zero-order chi connectivity index (χ0) is 18.3. The highest BCUT2D eigenvalue weighted by atomic mass is 32.2. The van der Waals surface area contributed by atoms with Gasteiger partial charge in [0.25, 0.3) is 0 Å². The van der Waals surface area contributed by atoms with Crippen molar-refractivity contribution in [2.24, 2.45) is 11.7 Å². The van der Waals surface area contributed by atoms with Crippen LogP contribution < -0.4 is 16.5 Å². The first-order valence-corrected chi connectivity index (χ1v) is 9.31. The van der Waals surface area contributed by atoms with Crippen LogP contribution in [0.1, 0.15) is 27.2 Å². The molecular weight excluding hydrogens is 354 g/mol. The SMILES string of the molecule is CCCONCC(=O)NC1C(SC(C)=O)C(SC(C)=O)C1C(N)=O. The molecule has 8 nitrogen and oxygen atoms in total. The number of amides is 2. The molecule has 0 radical (unpaired) electrons. The van der Waals surface area contributed by atoms with E-state index in [1.54, 1.807) is 0 Å². The Labute approximate surface area is 149 Å². The molecule has 4 atom stereocenters. The molecule has 4 N–H and O–H groups in total. The van der Waals surface area contributed by atoms with Gasteiger partial charge in [0.1, 0.15) is 0 Å². The van der Waals surface area contributed by atoms with Gasteiger partial charge in [-0.3, -0.25) is 19.2 Å². The molecule has 136 valence electrons. The van der Waals surface area contributed by atoms with E-state index in [0.29, 0.717) is 6.61 Å². The van der Waals surface area contributed by atoms with Crippen molar-refractivity contribution < 1.29 is 24.0 Å². The van der Waals surface area contributed by atoms with E-state index in [2.05, 4.69) is 10.8 Å². The summed E-state index contributed by atoms with van der Waals surface area (Å²) in [6.07, 6.45) is 0.808. The van der Waals surface area contributed by atoms with Crippen molar-refractivity contribution in [2.45, 2.75) is 43.7 Å². The Morgan fingerprint density at radius 3 is 2.17 bits per heavy atom. The van der Waals surface area contributed by atoms with E-state index in [9.17, 15) is 19.2 Å². The van der Waals surface area contributed by atoms with Gasteiger partial charge in [0, 0.05) is 24.3 Å². The Hall–Kier alpha value is -1.10. The number of hydrogen-bond acceptors (Lipinski definition) is 8. The van der Waals surface area contributed by atoms with Crippen LogP contribution in [0, 0.1) is 5.92 Å². The zero-order valence-electron chi connectivity index (χ0n) is 13.9. The number of carbonyl (C=O) groups is 4. The fourth-order valence-corrected chi connectivity index (χ4v) is 4.92. The first kappa shape index (κ1) is 20.9. The summed E-state index contributed by atoms with van der Waals surface area (Å²) in [6.45, 7) is 5.12. The fourth-order valence-electron chi connectivity index (χ4n) is 2.37. The molecule has 0 heterocycles. The molecule has 1 rings (SSSR count). The second-order valence-electron chi connectivity index (χ2n) is 5.34. The fraction of sp³-hybridized carbons (Fsp3) is 0.714. The molecule has 0 bridgehead atoms. The molecular formula is C14H23N3O5S2. The van der Waals surface area contributed by atoms with Gasteiger partial charge in [-0.05, 0) is 6.42 Å². The lowest BCUT2D eigenvalue weighted by atomic mass is 9.77. The number of nitrogens with one attached hydrogen (secondary N) is 2. The molecule has 4 unspecified atom stereocenters. The number of carbonyl (C=O) groups excluding carboxylic acids is 4. The lowest BCUT2D eigenvalue weighted by Crippen LogP contribution is -2.68. The largest absolute Gasteiger partial charge is 0.369 e. The maximum absolute atomic E-state index is 12.0. The molecule has 0 aromatic rings. The minimum atomic E-state index is -0.698. The van der Waals surface area contributed by atoms with Crippen LogP contribution >= 0.6 is 23.5 Å². The second-order valence-corrected chi connectivity index (χ2v) is 8.05. The number of nitrogens with two attached hydrogens (primary N) is 1. The van der Waals surface area contributed by atoms with Crippen LogP contribution in [0.25, 0.3) is 0 Å². The maximum Gasteiger partial charge on any atom is 0.236 e. The molecule has 0 spiro atoms. The van der Waals surface area contributed by atoms with Crippen molar-refractivity contribution in [2.75, 3.05) is 13.2 Å². The number of hydrogen-bond donors (Lipinski definition) is 3. The Morgan fingerprint density at radius 1 is 1.08 bits per heavy atom. The predicted octanol–water partition coefficient (Wildman–Crippen LogP) is -0.186. The number of hydroxylamine groups is 1. The Morgan fingerprint density at radius 2 is 1.67 bits per heavy atom. The average molecular weight is 377 g/mol. The summed E-state index contributed by atoms with van der Waals surface area (Å²) in [4.78, 5) is 51.5. The summed E-state index contributed by atoms with van der Waals surface area (Å²) < 4.78 is 0.